The maximum absolute atomic E-state index is 13.2. The quantitative estimate of drug-likeness (QED) is 0.627. The monoisotopic (exact) mass is 438 g/mol. The average Bonchev–Trinajstić information content (AvgIpc) is 2.67. The van der Waals surface area contributed by atoms with Crippen LogP contribution in [0.15, 0.2) is 42.5 Å². The molecule has 2 rings (SSSR count). The lowest BCUT2D eigenvalue weighted by atomic mass is 10.1. The fourth-order valence-electron chi connectivity index (χ4n) is 3.18. The summed E-state index contributed by atoms with van der Waals surface area (Å²) in [4.78, 5) is 14.8. The molecule has 0 N–H and O–H groups in total. The maximum Gasteiger partial charge on any atom is 0.246 e. The summed E-state index contributed by atoms with van der Waals surface area (Å²) in [5.41, 5.74) is 2.06. The number of halogens is 1. The second kappa shape index (κ2) is 9.50. The molecule has 0 spiro atoms. The van der Waals surface area contributed by atoms with E-state index >= 15 is 0 Å². The number of amides is 1. The predicted molar refractivity (Wildman–Crippen MR) is 117 cm³/mol. The second-order valence-corrected chi connectivity index (χ2v) is 9.25. The SMILES string of the molecule is CC[C@@H](C(=O)N(C)Cc1ccc(OC)cc1)N(c1cc(Cl)ccc1C)S(C)(=O)=O. The van der Waals surface area contributed by atoms with Gasteiger partial charge in [0.15, 0.2) is 0 Å². The van der Waals surface area contributed by atoms with Gasteiger partial charge < -0.3 is 9.64 Å². The van der Waals surface area contributed by atoms with Crippen LogP contribution in [0.4, 0.5) is 5.69 Å². The molecule has 0 aliphatic rings. The van der Waals surface area contributed by atoms with Crippen LogP contribution in [-0.4, -0.2) is 45.7 Å². The highest BCUT2D eigenvalue weighted by atomic mass is 35.5. The van der Waals surface area contributed by atoms with Crippen molar-refractivity contribution in [3.63, 3.8) is 0 Å². The van der Waals surface area contributed by atoms with Gasteiger partial charge in [-0.05, 0) is 48.7 Å². The summed E-state index contributed by atoms with van der Waals surface area (Å²) in [6, 6.07) is 11.5. The first-order valence-corrected chi connectivity index (χ1v) is 11.4. The van der Waals surface area contributed by atoms with E-state index in [4.69, 9.17) is 16.3 Å². The van der Waals surface area contributed by atoms with Crippen molar-refractivity contribution in [2.45, 2.75) is 32.9 Å². The highest BCUT2D eigenvalue weighted by Gasteiger charge is 2.34. The van der Waals surface area contributed by atoms with E-state index in [1.807, 2.05) is 24.3 Å². The van der Waals surface area contributed by atoms with E-state index < -0.39 is 16.1 Å². The van der Waals surface area contributed by atoms with Gasteiger partial charge in [-0.3, -0.25) is 9.10 Å². The van der Waals surface area contributed by atoms with Gasteiger partial charge in [-0.25, -0.2) is 8.42 Å². The van der Waals surface area contributed by atoms with Gasteiger partial charge in [0, 0.05) is 18.6 Å². The van der Waals surface area contributed by atoms with Gasteiger partial charge in [-0.2, -0.15) is 0 Å². The molecule has 8 heteroatoms. The minimum atomic E-state index is -3.72. The van der Waals surface area contributed by atoms with Crippen molar-refractivity contribution in [3.8, 4) is 5.75 Å². The van der Waals surface area contributed by atoms with E-state index in [9.17, 15) is 13.2 Å². The molecule has 0 unspecified atom stereocenters. The van der Waals surface area contributed by atoms with Gasteiger partial charge in [0.2, 0.25) is 15.9 Å². The van der Waals surface area contributed by atoms with Crippen molar-refractivity contribution >= 4 is 33.2 Å². The molecule has 0 fully saturated rings. The maximum atomic E-state index is 13.2. The molecule has 2 aromatic carbocycles. The molecule has 158 valence electrons. The third-order valence-corrected chi connectivity index (χ3v) is 6.08. The Morgan fingerprint density at radius 3 is 2.31 bits per heavy atom. The Balaban J connectivity index is 2.35. The number of aryl methyl sites for hydroxylation is 1. The van der Waals surface area contributed by atoms with Crippen LogP contribution in [0.1, 0.15) is 24.5 Å². The molecule has 0 aliphatic heterocycles. The van der Waals surface area contributed by atoms with Crippen LogP contribution in [-0.2, 0) is 21.4 Å². The van der Waals surface area contributed by atoms with E-state index in [1.54, 1.807) is 46.2 Å². The fourth-order valence-corrected chi connectivity index (χ4v) is 4.60. The number of carbonyl (C=O) groups is 1. The molecule has 29 heavy (non-hydrogen) atoms. The van der Waals surface area contributed by atoms with Gasteiger partial charge in [0.05, 0.1) is 19.1 Å². The molecule has 0 aliphatic carbocycles. The van der Waals surface area contributed by atoms with Crippen molar-refractivity contribution in [1.82, 2.24) is 4.90 Å². The van der Waals surface area contributed by atoms with E-state index in [1.165, 1.54) is 9.21 Å². The first-order chi connectivity index (χ1) is 13.6. The molecule has 0 saturated carbocycles. The van der Waals surface area contributed by atoms with Crippen LogP contribution in [0.3, 0.4) is 0 Å². The number of sulfonamides is 1. The summed E-state index contributed by atoms with van der Waals surface area (Å²) in [7, 11) is -0.460. The number of anilines is 1. The Morgan fingerprint density at radius 1 is 1.17 bits per heavy atom. The van der Waals surface area contributed by atoms with Crippen LogP contribution >= 0.6 is 11.6 Å². The molecule has 0 bridgehead atoms. The number of carbonyl (C=O) groups excluding carboxylic acids is 1. The smallest absolute Gasteiger partial charge is 0.246 e. The van der Waals surface area contributed by atoms with Crippen molar-refractivity contribution < 1.29 is 17.9 Å². The molecule has 2 aromatic rings. The average molecular weight is 439 g/mol. The topological polar surface area (TPSA) is 66.9 Å². The zero-order valence-electron chi connectivity index (χ0n) is 17.3. The molecule has 1 amide bonds. The van der Waals surface area contributed by atoms with Crippen LogP contribution in [0.5, 0.6) is 5.75 Å². The third-order valence-electron chi connectivity index (χ3n) is 4.68. The fraction of sp³-hybridized carbons (Fsp3) is 0.381. The molecular weight excluding hydrogens is 412 g/mol. The Morgan fingerprint density at radius 2 is 1.79 bits per heavy atom. The van der Waals surface area contributed by atoms with Crippen LogP contribution in [0.2, 0.25) is 5.02 Å². The summed E-state index contributed by atoms with van der Waals surface area (Å²) in [6.45, 7) is 3.94. The van der Waals surface area contributed by atoms with E-state index in [0.717, 1.165) is 23.1 Å². The summed E-state index contributed by atoms with van der Waals surface area (Å²) in [6.07, 6.45) is 1.43. The van der Waals surface area contributed by atoms with Gasteiger partial charge in [0.25, 0.3) is 0 Å². The van der Waals surface area contributed by atoms with Gasteiger partial charge in [-0.15, -0.1) is 0 Å². The van der Waals surface area contributed by atoms with E-state index in [0.29, 0.717) is 23.7 Å². The Labute approximate surface area is 178 Å². The van der Waals surface area contributed by atoms with Crippen molar-refractivity contribution in [2.75, 3.05) is 24.7 Å². The van der Waals surface area contributed by atoms with Crippen LogP contribution < -0.4 is 9.04 Å². The van der Waals surface area contributed by atoms with Gasteiger partial charge in [-0.1, -0.05) is 36.7 Å². The zero-order chi connectivity index (χ0) is 21.8. The van der Waals surface area contributed by atoms with Gasteiger partial charge in [0.1, 0.15) is 11.8 Å². The van der Waals surface area contributed by atoms with Crippen molar-refractivity contribution in [2.24, 2.45) is 0 Å². The van der Waals surface area contributed by atoms with Crippen LogP contribution in [0, 0.1) is 6.92 Å². The van der Waals surface area contributed by atoms with Crippen molar-refractivity contribution in [3.05, 3.63) is 58.6 Å². The third kappa shape index (κ3) is 5.64. The standard InChI is InChI=1S/C21H27ClN2O4S/c1-6-19(21(25)23(3)14-16-8-11-18(28-4)12-9-16)24(29(5,26)27)20-13-17(22)10-7-15(20)2/h7-13,19H,6,14H2,1-5H3/t19-/m0/s1. The lowest BCUT2D eigenvalue weighted by molar-refractivity contribution is -0.131. The number of likely N-dealkylation sites (N-methyl/N-ethyl adjacent to an activating group) is 1. The minimum absolute atomic E-state index is 0.284. The number of hydrogen-bond acceptors (Lipinski definition) is 4. The van der Waals surface area contributed by atoms with E-state index in [-0.39, 0.29) is 5.91 Å². The number of methoxy groups -OCH3 is 1. The Kier molecular flexibility index (Phi) is 7.54. The summed E-state index contributed by atoms with van der Waals surface area (Å²) >= 11 is 6.11. The number of nitrogens with zero attached hydrogens (tertiary/aromatic N) is 2. The first-order valence-electron chi connectivity index (χ1n) is 9.22. The largest absolute Gasteiger partial charge is 0.497 e. The van der Waals surface area contributed by atoms with Crippen molar-refractivity contribution in [1.29, 1.82) is 0 Å². The normalized spacial score (nSPS) is 12.3. The highest BCUT2D eigenvalue weighted by molar-refractivity contribution is 7.92. The zero-order valence-corrected chi connectivity index (χ0v) is 18.9. The molecule has 0 heterocycles. The Bertz CT molecular complexity index is 961. The summed E-state index contributed by atoms with van der Waals surface area (Å²) < 4.78 is 31.6. The highest BCUT2D eigenvalue weighted by Crippen LogP contribution is 2.30. The number of rotatable bonds is 8. The Hall–Kier alpha value is -2.25. The van der Waals surface area contributed by atoms with Crippen LogP contribution in [0.25, 0.3) is 0 Å². The summed E-state index contributed by atoms with van der Waals surface area (Å²) in [5, 5.41) is 0.410. The molecular formula is C21H27ClN2O4S. The number of benzene rings is 2. The molecule has 0 saturated heterocycles. The first kappa shape index (κ1) is 23.0. The molecule has 6 nitrogen and oxygen atoms in total. The number of hydrogen-bond donors (Lipinski definition) is 0. The lowest BCUT2D eigenvalue weighted by Gasteiger charge is -2.33. The predicted octanol–water partition coefficient (Wildman–Crippen LogP) is 3.86. The molecule has 1 atom stereocenters. The number of ether oxygens (including phenoxy) is 1. The second-order valence-electron chi connectivity index (χ2n) is 6.96. The van der Waals surface area contributed by atoms with Gasteiger partial charge >= 0.3 is 0 Å². The van der Waals surface area contributed by atoms with E-state index in [2.05, 4.69) is 0 Å². The summed E-state index contributed by atoms with van der Waals surface area (Å²) in [5.74, 6) is 0.446. The molecule has 0 aromatic heterocycles. The molecule has 0 radical (unpaired) electrons. The minimum Gasteiger partial charge on any atom is -0.497 e. The lowest BCUT2D eigenvalue weighted by Crippen LogP contribution is -2.49.